The molecular weight excluding hydrogens is 242 g/mol. The predicted molar refractivity (Wildman–Crippen MR) is 73.6 cm³/mol. The summed E-state index contributed by atoms with van der Waals surface area (Å²) in [5.41, 5.74) is 0. The number of hydrogen-bond donors (Lipinski definition) is 1. The van der Waals surface area contributed by atoms with Gasteiger partial charge in [-0.1, -0.05) is 0 Å². The maximum absolute atomic E-state index is 12.4. The van der Waals surface area contributed by atoms with E-state index in [4.69, 9.17) is 0 Å². The first kappa shape index (κ1) is 14.3. The number of amides is 2. The zero-order chi connectivity index (χ0) is 13.8. The number of carbonyl (C=O) groups is 2. The topological polar surface area (TPSA) is 52.7 Å². The molecule has 2 fully saturated rings. The third-order valence-electron chi connectivity index (χ3n) is 4.24. The van der Waals surface area contributed by atoms with Gasteiger partial charge in [0.05, 0.1) is 5.92 Å². The number of likely N-dealkylation sites (tertiary alicyclic amines) is 1. The highest BCUT2D eigenvalue weighted by Crippen LogP contribution is 2.22. The van der Waals surface area contributed by atoms with Crippen LogP contribution in [-0.2, 0) is 9.59 Å². The van der Waals surface area contributed by atoms with Crippen molar-refractivity contribution >= 4 is 11.8 Å². The van der Waals surface area contributed by atoms with Gasteiger partial charge in [-0.3, -0.25) is 9.59 Å². The van der Waals surface area contributed by atoms with Gasteiger partial charge in [-0.2, -0.15) is 0 Å². The van der Waals surface area contributed by atoms with Gasteiger partial charge >= 0.3 is 0 Å². The molecule has 0 saturated carbocycles. The molecule has 5 heteroatoms. The lowest BCUT2D eigenvalue weighted by atomic mass is 9.92. The fraction of sp³-hybridized carbons (Fsp3) is 0.857. The number of rotatable bonds is 2. The van der Waals surface area contributed by atoms with E-state index in [1.807, 2.05) is 4.90 Å². The van der Waals surface area contributed by atoms with Crippen LogP contribution in [0.25, 0.3) is 0 Å². The second-order valence-electron chi connectivity index (χ2n) is 5.88. The van der Waals surface area contributed by atoms with Crippen LogP contribution in [-0.4, -0.2) is 61.9 Å². The van der Waals surface area contributed by atoms with Crippen molar-refractivity contribution in [3.05, 3.63) is 0 Å². The Bertz CT molecular complexity index is 330. The van der Waals surface area contributed by atoms with E-state index in [2.05, 4.69) is 5.32 Å². The lowest BCUT2D eigenvalue weighted by Crippen LogP contribution is -2.47. The molecule has 2 saturated heterocycles. The molecule has 1 atom stereocenters. The molecule has 0 aromatic rings. The predicted octanol–water partition coefficient (Wildman–Crippen LogP) is 0.313. The van der Waals surface area contributed by atoms with E-state index in [-0.39, 0.29) is 23.7 Å². The number of nitrogens with zero attached hydrogens (tertiary/aromatic N) is 2. The summed E-state index contributed by atoms with van der Waals surface area (Å²) in [7, 11) is 3.60. The first-order valence-electron chi connectivity index (χ1n) is 7.30. The Kier molecular flexibility index (Phi) is 4.80. The second kappa shape index (κ2) is 6.37. The van der Waals surface area contributed by atoms with Gasteiger partial charge in [0, 0.05) is 39.6 Å². The van der Waals surface area contributed by atoms with E-state index >= 15 is 0 Å². The molecule has 1 N–H and O–H groups in total. The standard InChI is InChI=1S/C14H25N3O2/c1-16(2)13(18)11-5-8-17(9-6-11)14(19)12-4-3-7-15-10-12/h11-12,15H,3-10H2,1-2H3. The summed E-state index contributed by atoms with van der Waals surface area (Å²) in [6, 6.07) is 0. The summed E-state index contributed by atoms with van der Waals surface area (Å²) < 4.78 is 0. The molecule has 0 radical (unpaired) electrons. The van der Waals surface area contributed by atoms with E-state index in [0.29, 0.717) is 0 Å². The quantitative estimate of drug-likeness (QED) is 0.783. The van der Waals surface area contributed by atoms with Gasteiger partial charge in [0.2, 0.25) is 11.8 Å². The van der Waals surface area contributed by atoms with E-state index in [0.717, 1.165) is 51.9 Å². The van der Waals surface area contributed by atoms with E-state index in [1.54, 1.807) is 19.0 Å². The van der Waals surface area contributed by atoms with Crippen LogP contribution in [0.3, 0.4) is 0 Å². The Morgan fingerprint density at radius 2 is 1.79 bits per heavy atom. The van der Waals surface area contributed by atoms with Gasteiger partial charge in [-0.25, -0.2) is 0 Å². The van der Waals surface area contributed by atoms with Crippen LogP contribution in [0.2, 0.25) is 0 Å². The molecule has 2 amide bonds. The maximum Gasteiger partial charge on any atom is 0.226 e. The molecule has 2 rings (SSSR count). The Hall–Kier alpha value is -1.10. The summed E-state index contributed by atoms with van der Waals surface area (Å²) >= 11 is 0. The smallest absolute Gasteiger partial charge is 0.226 e. The first-order chi connectivity index (χ1) is 9.09. The van der Waals surface area contributed by atoms with Crippen LogP contribution in [0.5, 0.6) is 0 Å². The van der Waals surface area contributed by atoms with Gasteiger partial charge in [0.1, 0.15) is 0 Å². The largest absolute Gasteiger partial charge is 0.349 e. The molecule has 0 aromatic heterocycles. The van der Waals surface area contributed by atoms with Crippen molar-refractivity contribution in [3.8, 4) is 0 Å². The van der Waals surface area contributed by atoms with Crippen molar-refractivity contribution in [2.75, 3.05) is 40.3 Å². The van der Waals surface area contributed by atoms with Crippen LogP contribution < -0.4 is 5.32 Å². The van der Waals surface area contributed by atoms with Gasteiger partial charge in [-0.15, -0.1) is 0 Å². The monoisotopic (exact) mass is 267 g/mol. The minimum atomic E-state index is 0.100. The lowest BCUT2D eigenvalue weighted by molar-refractivity contribution is -0.141. The third-order valence-corrected chi connectivity index (χ3v) is 4.24. The molecule has 2 heterocycles. The summed E-state index contributed by atoms with van der Waals surface area (Å²) in [5.74, 6) is 0.729. The fourth-order valence-electron chi connectivity index (χ4n) is 3.03. The summed E-state index contributed by atoms with van der Waals surface area (Å²) in [6.07, 6.45) is 3.71. The number of piperidine rings is 2. The molecular formula is C14H25N3O2. The normalized spacial score (nSPS) is 25.2. The first-order valence-corrected chi connectivity index (χ1v) is 7.30. The highest BCUT2D eigenvalue weighted by atomic mass is 16.2. The summed E-state index contributed by atoms with van der Waals surface area (Å²) in [4.78, 5) is 27.9. The van der Waals surface area contributed by atoms with Gasteiger partial charge < -0.3 is 15.1 Å². The Balaban J connectivity index is 1.82. The molecule has 0 bridgehead atoms. The number of nitrogens with one attached hydrogen (secondary N) is 1. The number of hydrogen-bond acceptors (Lipinski definition) is 3. The van der Waals surface area contributed by atoms with E-state index < -0.39 is 0 Å². The van der Waals surface area contributed by atoms with Crippen molar-refractivity contribution in [2.45, 2.75) is 25.7 Å². The highest BCUT2D eigenvalue weighted by Gasteiger charge is 2.31. The lowest BCUT2D eigenvalue weighted by Gasteiger charge is -2.35. The number of carbonyl (C=O) groups excluding carboxylic acids is 2. The Labute approximate surface area is 115 Å². The van der Waals surface area contributed by atoms with Gasteiger partial charge in [0.25, 0.3) is 0 Å². The van der Waals surface area contributed by atoms with E-state index in [1.165, 1.54) is 0 Å². The van der Waals surface area contributed by atoms with Crippen molar-refractivity contribution in [2.24, 2.45) is 11.8 Å². The molecule has 108 valence electrons. The van der Waals surface area contributed by atoms with Gasteiger partial charge in [0.15, 0.2) is 0 Å². The Morgan fingerprint density at radius 3 is 2.32 bits per heavy atom. The molecule has 5 nitrogen and oxygen atoms in total. The zero-order valence-corrected chi connectivity index (χ0v) is 12.0. The molecule has 2 aliphatic rings. The zero-order valence-electron chi connectivity index (χ0n) is 12.0. The third kappa shape index (κ3) is 3.47. The van der Waals surface area contributed by atoms with Crippen LogP contribution in [0.1, 0.15) is 25.7 Å². The van der Waals surface area contributed by atoms with Crippen LogP contribution in [0.4, 0.5) is 0 Å². The molecule has 0 aliphatic carbocycles. The Morgan fingerprint density at radius 1 is 1.11 bits per heavy atom. The average molecular weight is 267 g/mol. The van der Waals surface area contributed by atoms with Crippen molar-refractivity contribution in [1.82, 2.24) is 15.1 Å². The highest BCUT2D eigenvalue weighted by molar-refractivity contribution is 5.81. The minimum absolute atomic E-state index is 0.100. The average Bonchev–Trinajstić information content (AvgIpc) is 2.46. The van der Waals surface area contributed by atoms with E-state index in [9.17, 15) is 9.59 Å². The van der Waals surface area contributed by atoms with Gasteiger partial charge in [-0.05, 0) is 32.2 Å². The van der Waals surface area contributed by atoms with Crippen molar-refractivity contribution in [1.29, 1.82) is 0 Å². The maximum atomic E-state index is 12.4. The second-order valence-corrected chi connectivity index (χ2v) is 5.88. The summed E-state index contributed by atoms with van der Waals surface area (Å²) in [6.45, 7) is 3.32. The van der Waals surface area contributed by atoms with Crippen LogP contribution >= 0.6 is 0 Å². The fourth-order valence-corrected chi connectivity index (χ4v) is 3.03. The molecule has 0 spiro atoms. The molecule has 2 aliphatic heterocycles. The SMILES string of the molecule is CN(C)C(=O)C1CCN(C(=O)C2CCCNC2)CC1. The van der Waals surface area contributed by atoms with Crippen LogP contribution in [0, 0.1) is 11.8 Å². The summed E-state index contributed by atoms with van der Waals surface area (Å²) in [5, 5.41) is 3.29. The van der Waals surface area contributed by atoms with Crippen molar-refractivity contribution < 1.29 is 9.59 Å². The molecule has 19 heavy (non-hydrogen) atoms. The minimum Gasteiger partial charge on any atom is -0.349 e. The molecule has 0 aromatic carbocycles. The van der Waals surface area contributed by atoms with Crippen molar-refractivity contribution in [3.63, 3.8) is 0 Å². The van der Waals surface area contributed by atoms with Crippen LogP contribution in [0.15, 0.2) is 0 Å². The molecule has 1 unspecified atom stereocenters.